The van der Waals surface area contributed by atoms with Crippen molar-refractivity contribution in [3.8, 4) is 0 Å². The van der Waals surface area contributed by atoms with Gasteiger partial charge in [-0.05, 0) is 55.8 Å². The summed E-state index contributed by atoms with van der Waals surface area (Å²) in [7, 11) is 0. The number of anilines is 1. The molecule has 0 bridgehead atoms. The summed E-state index contributed by atoms with van der Waals surface area (Å²) >= 11 is 1.89. The van der Waals surface area contributed by atoms with Crippen LogP contribution in [0, 0.1) is 12.8 Å². The third-order valence-corrected chi connectivity index (χ3v) is 3.92. The largest absolute Gasteiger partial charge is 0.398 e. The molecule has 1 aromatic carbocycles. The summed E-state index contributed by atoms with van der Waals surface area (Å²) in [6, 6.07) is 6.25. The Morgan fingerprint density at radius 1 is 1.47 bits per heavy atom. The Balaban J connectivity index is 1.83. The van der Waals surface area contributed by atoms with Gasteiger partial charge in [-0.2, -0.15) is 0 Å². The maximum absolute atomic E-state index is 5.92. The number of hydrogen-bond donors (Lipinski definition) is 2. The van der Waals surface area contributed by atoms with Crippen molar-refractivity contribution in [1.29, 1.82) is 0 Å². The molecular formula is C12H18N2S. The van der Waals surface area contributed by atoms with Crippen molar-refractivity contribution in [2.45, 2.75) is 18.2 Å². The van der Waals surface area contributed by atoms with Crippen LogP contribution in [0.3, 0.4) is 0 Å². The molecule has 3 heteroatoms. The molecule has 0 saturated carbocycles. The van der Waals surface area contributed by atoms with Crippen LogP contribution in [0.2, 0.25) is 0 Å². The Morgan fingerprint density at radius 2 is 2.27 bits per heavy atom. The number of benzene rings is 1. The standard InChI is InChI=1S/C12H18N2S/c1-9-2-3-11(13)12(6-9)15-5-4-10-7-14-8-10/h2-3,6,10,14H,4-5,7-8,13H2,1H3. The molecule has 0 unspecified atom stereocenters. The fourth-order valence-corrected chi connectivity index (χ4v) is 2.83. The van der Waals surface area contributed by atoms with E-state index in [4.69, 9.17) is 5.73 Å². The summed E-state index contributed by atoms with van der Waals surface area (Å²) in [5.74, 6) is 2.07. The molecule has 2 nitrogen and oxygen atoms in total. The van der Waals surface area contributed by atoms with Crippen molar-refractivity contribution in [3.05, 3.63) is 23.8 Å². The van der Waals surface area contributed by atoms with Gasteiger partial charge in [0.05, 0.1) is 0 Å². The quantitative estimate of drug-likeness (QED) is 0.606. The third kappa shape index (κ3) is 2.89. The summed E-state index contributed by atoms with van der Waals surface area (Å²) in [6.45, 7) is 4.51. The van der Waals surface area contributed by atoms with Crippen LogP contribution >= 0.6 is 11.8 Å². The van der Waals surface area contributed by atoms with Gasteiger partial charge in [0.15, 0.2) is 0 Å². The number of nitrogens with one attached hydrogen (secondary N) is 1. The highest BCUT2D eigenvalue weighted by atomic mass is 32.2. The Bertz CT molecular complexity index is 334. The second-order valence-electron chi connectivity index (χ2n) is 4.20. The predicted molar refractivity (Wildman–Crippen MR) is 67.3 cm³/mol. The number of rotatable bonds is 4. The number of thioether (sulfide) groups is 1. The molecule has 1 aliphatic heterocycles. The number of nitrogens with two attached hydrogens (primary N) is 1. The van der Waals surface area contributed by atoms with Crippen molar-refractivity contribution in [3.63, 3.8) is 0 Å². The lowest BCUT2D eigenvalue weighted by Crippen LogP contribution is -2.42. The van der Waals surface area contributed by atoms with Crippen LogP contribution in [0.4, 0.5) is 5.69 Å². The zero-order valence-electron chi connectivity index (χ0n) is 9.12. The van der Waals surface area contributed by atoms with Crippen LogP contribution in [-0.2, 0) is 0 Å². The minimum atomic E-state index is 0.892. The van der Waals surface area contributed by atoms with E-state index in [1.54, 1.807) is 0 Å². The highest BCUT2D eigenvalue weighted by Crippen LogP contribution is 2.27. The molecule has 0 radical (unpaired) electrons. The van der Waals surface area contributed by atoms with Gasteiger partial charge in [0.25, 0.3) is 0 Å². The van der Waals surface area contributed by atoms with Gasteiger partial charge in [-0.25, -0.2) is 0 Å². The van der Waals surface area contributed by atoms with Gasteiger partial charge in [0.2, 0.25) is 0 Å². The third-order valence-electron chi connectivity index (χ3n) is 2.82. The van der Waals surface area contributed by atoms with E-state index < -0.39 is 0 Å². The molecule has 1 aromatic rings. The average molecular weight is 222 g/mol. The first kappa shape index (κ1) is 10.8. The molecule has 0 aliphatic carbocycles. The molecule has 1 fully saturated rings. The molecule has 1 saturated heterocycles. The highest BCUT2D eigenvalue weighted by Gasteiger charge is 2.15. The molecule has 0 atom stereocenters. The van der Waals surface area contributed by atoms with E-state index in [-0.39, 0.29) is 0 Å². The summed E-state index contributed by atoms with van der Waals surface area (Å²) in [5, 5.41) is 3.30. The van der Waals surface area contributed by atoms with Gasteiger partial charge < -0.3 is 11.1 Å². The zero-order valence-corrected chi connectivity index (χ0v) is 9.94. The minimum Gasteiger partial charge on any atom is -0.398 e. The van der Waals surface area contributed by atoms with Gasteiger partial charge in [-0.15, -0.1) is 11.8 Å². The lowest BCUT2D eigenvalue weighted by Gasteiger charge is -2.26. The maximum Gasteiger partial charge on any atom is 0.0452 e. The Kier molecular flexibility index (Phi) is 3.54. The van der Waals surface area contributed by atoms with Gasteiger partial charge in [-0.1, -0.05) is 6.07 Å². The topological polar surface area (TPSA) is 38.0 Å². The van der Waals surface area contributed by atoms with E-state index in [1.165, 1.54) is 35.7 Å². The van der Waals surface area contributed by atoms with Crippen LogP contribution in [0.25, 0.3) is 0 Å². The van der Waals surface area contributed by atoms with Crippen LogP contribution in [0.5, 0.6) is 0 Å². The monoisotopic (exact) mass is 222 g/mol. The van der Waals surface area contributed by atoms with Gasteiger partial charge in [0.1, 0.15) is 0 Å². The molecule has 15 heavy (non-hydrogen) atoms. The van der Waals surface area contributed by atoms with E-state index in [2.05, 4.69) is 24.4 Å². The number of nitrogen functional groups attached to an aromatic ring is 1. The fourth-order valence-electron chi connectivity index (χ4n) is 1.65. The molecule has 0 aromatic heterocycles. The van der Waals surface area contributed by atoms with E-state index in [9.17, 15) is 0 Å². The van der Waals surface area contributed by atoms with Crippen molar-refractivity contribution in [2.24, 2.45) is 5.92 Å². The summed E-state index contributed by atoms with van der Waals surface area (Å²) in [5.41, 5.74) is 8.12. The lowest BCUT2D eigenvalue weighted by atomic mass is 10.0. The SMILES string of the molecule is Cc1ccc(N)c(SCCC2CNC2)c1. The summed E-state index contributed by atoms with van der Waals surface area (Å²) in [4.78, 5) is 1.24. The van der Waals surface area contributed by atoms with Crippen LogP contribution in [-0.4, -0.2) is 18.8 Å². The predicted octanol–water partition coefficient (Wildman–Crippen LogP) is 2.28. The highest BCUT2D eigenvalue weighted by molar-refractivity contribution is 7.99. The second kappa shape index (κ2) is 4.90. The number of hydrogen-bond acceptors (Lipinski definition) is 3. The van der Waals surface area contributed by atoms with Gasteiger partial charge in [0, 0.05) is 10.6 Å². The normalized spacial score (nSPS) is 16.3. The molecule has 3 N–H and O–H groups in total. The Labute approximate surface area is 95.6 Å². The molecule has 0 spiro atoms. The smallest absolute Gasteiger partial charge is 0.0452 e. The maximum atomic E-state index is 5.92. The first-order valence-electron chi connectivity index (χ1n) is 5.45. The van der Waals surface area contributed by atoms with E-state index in [0.29, 0.717) is 0 Å². The fraction of sp³-hybridized carbons (Fsp3) is 0.500. The Hall–Kier alpha value is -0.670. The van der Waals surface area contributed by atoms with Crippen molar-refractivity contribution < 1.29 is 0 Å². The summed E-state index contributed by atoms with van der Waals surface area (Å²) < 4.78 is 0. The second-order valence-corrected chi connectivity index (χ2v) is 5.34. The van der Waals surface area contributed by atoms with Crippen molar-refractivity contribution >= 4 is 17.4 Å². The van der Waals surface area contributed by atoms with Crippen LogP contribution in [0.15, 0.2) is 23.1 Å². The van der Waals surface area contributed by atoms with Crippen molar-refractivity contribution in [1.82, 2.24) is 5.32 Å². The first-order chi connectivity index (χ1) is 7.25. The van der Waals surface area contributed by atoms with Crippen LogP contribution < -0.4 is 11.1 Å². The average Bonchev–Trinajstić information content (AvgIpc) is 2.15. The van der Waals surface area contributed by atoms with E-state index in [0.717, 1.165) is 11.6 Å². The molecule has 0 amide bonds. The zero-order chi connectivity index (χ0) is 10.7. The van der Waals surface area contributed by atoms with Crippen LogP contribution in [0.1, 0.15) is 12.0 Å². The van der Waals surface area contributed by atoms with E-state index in [1.807, 2.05) is 17.8 Å². The molecule has 1 heterocycles. The van der Waals surface area contributed by atoms with E-state index >= 15 is 0 Å². The number of aryl methyl sites for hydroxylation is 1. The molecule has 2 rings (SSSR count). The Morgan fingerprint density at radius 3 is 2.93 bits per heavy atom. The molecule has 82 valence electrons. The van der Waals surface area contributed by atoms with Gasteiger partial charge >= 0.3 is 0 Å². The summed E-state index contributed by atoms with van der Waals surface area (Å²) in [6.07, 6.45) is 1.30. The molecule has 1 aliphatic rings. The minimum absolute atomic E-state index is 0.892. The van der Waals surface area contributed by atoms with Crippen molar-refractivity contribution in [2.75, 3.05) is 24.6 Å². The molecular weight excluding hydrogens is 204 g/mol. The lowest BCUT2D eigenvalue weighted by molar-refractivity contribution is 0.341. The van der Waals surface area contributed by atoms with Gasteiger partial charge in [-0.3, -0.25) is 0 Å². The first-order valence-corrected chi connectivity index (χ1v) is 6.44.